The maximum Gasteiger partial charge on any atom is 0.195 e. The molecular formula is C31H33NO3S. The topological polar surface area (TPSA) is 38.8 Å². The van der Waals surface area contributed by atoms with Gasteiger partial charge in [0.2, 0.25) is 0 Å². The van der Waals surface area contributed by atoms with Gasteiger partial charge in [0.05, 0.1) is 7.11 Å². The van der Waals surface area contributed by atoms with E-state index >= 15 is 0 Å². The number of carbonyl (C=O) groups is 1. The minimum atomic E-state index is 0.0286. The van der Waals surface area contributed by atoms with Crippen molar-refractivity contribution in [2.75, 3.05) is 33.4 Å². The lowest BCUT2D eigenvalue weighted by Crippen LogP contribution is -2.33. The number of carbonyl (C=O) groups excluding carboxylic acids is 1. The average Bonchev–Trinajstić information content (AvgIpc) is 3.32. The number of ketones is 1. The molecule has 0 atom stereocenters. The summed E-state index contributed by atoms with van der Waals surface area (Å²) in [5.41, 5.74) is 3.76. The summed E-state index contributed by atoms with van der Waals surface area (Å²) in [5.74, 6) is 1.63. The monoisotopic (exact) mass is 499 g/mol. The number of methoxy groups -OCH3 is 1. The number of piperidine rings is 1. The second-order valence-corrected chi connectivity index (χ2v) is 10.4. The van der Waals surface area contributed by atoms with E-state index in [4.69, 9.17) is 9.47 Å². The van der Waals surface area contributed by atoms with Crippen LogP contribution in [0.3, 0.4) is 0 Å². The molecule has 3 aromatic carbocycles. The Hall–Kier alpha value is -3.15. The van der Waals surface area contributed by atoms with Gasteiger partial charge in [-0.25, -0.2) is 0 Å². The van der Waals surface area contributed by atoms with Crippen LogP contribution in [0.4, 0.5) is 0 Å². The van der Waals surface area contributed by atoms with Gasteiger partial charge in [-0.1, -0.05) is 37.6 Å². The molecule has 0 bridgehead atoms. The van der Waals surface area contributed by atoms with Crippen molar-refractivity contribution in [2.24, 2.45) is 0 Å². The number of nitrogens with zero attached hydrogens (tertiary/aromatic N) is 1. The van der Waals surface area contributed by atoms with E-state index in [2.05, 4.69) is 36.1 Å². The summed E-state index contributed by atoms with van der Waals surface area (Å²) in [6.45, 7) is 6.10. The molecule has 1 saturated heterocycles. The Kier molecular flexibility index (Phi) is 7.69. The molecule has 0 amide bonds. The fourth-order valence-corrected chi connectivity index (χ4v) is 6.08. The molecule has 1 fully saturated rings. The van der Waals surface area contributed by atoms with Crippen molar-refractivity contribution in [1.82, 2.24) is 4.90 Å². The molecule has 0 N–H and O–H groups in total. The number of aryl methyl sites for hydroxylation is 1. The Morgan fingerprint density at radius 3 is 2.33 bits per heavy atom. The zero-order valence-corrected chi connectivity index (χ0v) is 21.9. The summed E-state index contributed by atoms with van der Waals surface area (Å²) in [6, 6.07) is 22.1. The van der Waals surface area contributed by atoms with Crippen LogP contribution in [0.15, 0.2) is 66.7 Å². The average molecular weight is 500 g/mol. The van der Waals surface area contributed by atoms with Crippen LogP contribution in [0.25, 0.3) is 20.5 Å². The molecule has 186 valence electrons. The van der Waals surface area contributed by atoms with E-state index < -0.39 is 0 Å². The quantitative estimate of drug-likeness (QED) is 0.228. The Balaban J connectivity index is 1.40. The van der Waals surface area contributed by atoms with E-state index in [1.165, 1.54) is 37.9 Å². The molecule has 0 saturated carbocycles. The van der Waals surface area contributed by atoms with Crippen molar-refractivity contribution in [2.45, 2.75) is 32.6 Å². The van der Waals surface area contributed by atoms with Gasteiger partial charge in [-0.15, -0.1) is 11.3 Å². The van der Waals surface area contributed by atoms with E-state index in [-0.39, 0.29) is 5.78 Å². The Bertz CT molecular complexity index is 1320. The molecular weight excluding hydrogens is 466 g/mol. The fraction of sp³-hybridized carbons (Fsp3) is 0.323. The summed E-state index contributed by atoms with van der Waals surface area (Å²) in [4.78, 5) is 17.3. The number of benzene rings is 3. The molecule has 0 aliphatic carbocycles. The van der Waals surface area contributed by atoms with Gasteiger partial charge in [0, 0.05) is 32.6 Å². The van der Waals surface area contributed by atoms with E-state index in [1.54, 1.807) is 18.4 Å². The summed E-state index contributed by atoms with van der Waals surface area (Å²) >= 11 is 1.64. The molecule has 0 unspecified atom stereocenters. The normalized spacial score (nSPS) is 14.2. The predicted octanol–water partition coefficient (Wildman–Crippen LogP) is 7.24. The highest BCUT2D eigenvalue weighted by Crippen LogP contribution is 2.41. The van der Waals surface area contributed by atoms with Crippen molar-refractivity contribution in [3.05, 3.63) is 83.4 Å². The van der Waals surface area contributed by atoms with Crippen molar-refractivity contribution in [3.63, 3.8) is 0 Å². The predicted molar refractivity (Wildman–Crippen MR) is 149 cm³/mol. The van der Waals surface area contributed by atoms with Crippen molar-refractivity contribution in [3.8, 4) is 21.9 Å². The zero-order valence-electron chi connectivity index (χ0n) is 21.1. The molecule has 5 heteroatoms. The Morgan fingerprint density at radius 2 is 1.64 bits per heavy atom. The SMILES string of the molecule is CCc1ccc(-c2sc3cc(OC)ccc3c2C(=O)c2ccc(OCCN3CCCCC3)cc2)cc1. The summed E-state index contributed by atoms with van der Waals surface area (Å²) in [5, 5.41) is 0.960. The van der Waals surface area contributed by atoms with E-state index in [1.807, 2.05) is 42.5 Å². The number of thiophene rings is 1. The first-order valence-electron chi connectivity index (χ1n) is 12.9. The highest BCUT2D eigenvalue weighted by molar-refractivity contribution is 7.22. The lowest BCUT2D eigenvalue weighted by molar-refractivity contribution is 0.104. The van der Waals surface area contributed by atoms with Gasteiger partial charge in [-0.05, 0) is 85.9 Å². The van der Waals surface area contributed by atoms with E-state index in [9.17, 15) is 4.79 Å². The second kappa shape index (κ2) is 11.3. The molecule has 1 aromatic heterocycles. The summed E-state index contributed by atoms with van der Waals surface area (Å²) in [6.07, 6.45) is 4.89. The first kappa shape index (κ1) is 24.5. The molecule has 0 radical (unpaired) electrons. The Labute approximate surface area is 217 Å². The van der Waals surface area contributed by atoms with Crippen LogP contribution < -0.4 is 9.47 Å². The summed E-state index contributed by atoms with van der Waals surface area (Å²) < 4.78 is 12.5. The first-order valence-corrected chi connectivity index (χ1v) is 13.7. The number of likely N-dealkylation sites (tertiary alicyclic amines) is 1. The number of hydrogen-bond acceptors (Lipinski definition) is 5. The maximum atomic E-state index is 13.9. The zero-order chi connectivity index (χ0) is 24.9. The number of ether oxygens (including phenoxy) is 2. The second-order valence-electron chi connectivity index (χ2n) is 9.32. The van der Waals surface area contributed by atoms with Crippen LogP contribution in [0.5, 0.6) is 11.5 Å². The van der Waals surface area contributed by atoms with Gasteiger partial charge in [0.15, 0.2) is 5.78 Å². The summed E-state index contributed by atoms with van der Waals surface area (Å²) in [7, 11) is 1.67. The van der Waals surface area contributed by atoms with Gasteiger partial charge >= 0.3 is 0 Å². The fourth-order valence-electron chi connectivity index (χ4n) is 4.85. The van der Waals surface area contributed by atoms with Crippen molar-refractivity contribution in [1.29, 1.82) is 0 Å². The smallest absolute Gasteiger partial charge is 0.195 e. The third-order valence-corrected chi connectivity index (χ3v) is 8.19. The number of rotatable bonds is 9. The minimum absolute atomic E-state index is 0.0286. The van der Waals surface area contributed by atoms with E-state index in [0.717, 1.165) is 50.6 Å². The van der Waals surface area contributed by atoms with Crippen LogP contribution in [-0.2, 0) is 6.42 Å². The molecule has 1 aliphatic heterocycles. The van der Waals surface area contributed by atoms with Crippen molar-refractivity contribution >= 4 is 27.2 Å². The highest BCUT2D eigenvalue weighted by Gasteiger charge is 2.22. The van der Waals surface area contributed by atoms with Gasteiger partial charge in [0.25, 0.3) is 0 Å². The molecule has 5 rings (SSSR count). The molecule has 36 heavy (non-hydrogen) atoms. The van der Waals surface area contributed by atoms with Gasteiger partial charge in [-0.3, -0.25) is 9.69 Å². The molecule has 4 aromatic rings. The first-order chi connectivity index (χ1) is 17.7. The lowest BCUT2D eigenvalue weighted by atomic mass is 9.97. The number of fused-ring (bicyclic) bond motifs is 1. The van der Waals surface area contributed by atoms with Gasteiger partial charge < -0.3 is 9.47 Å². The molecule has 4 nitrogen and oxygen atoms in total. The third-order valence-electron chi connectivity index (χ3n) is 6.99. The lowest BCUT2D eigenvalue weighted by Gasteiger charge is -2.26. The minimum Gasteiger partial charge on any atom is -0.497 e. The number of hydrogen-bond donors (Lipinski definition) is 0. The Morgan fingerprint density at radius 1 is 0.917 bits per heavy atom. The van der Waals surface area contributed by atoms with Crippen LogP contribution in [0.2, 0.25) is 0 Å². The third kappa shape index (κ3) is 5.32. The van der Waals surface area contributed by atoms with E-state index in [0.29, 0.717) is 12.2 Å². The van der Waals surface area contributed by atoms with Crippen molar-refractivity contribution < 1.29 is 14.3 Å². The molecule has 2 heterocycles. The molecule has 1 aliphatic rings. The standard InChI is InChI=1S/C31H33NO3S/c1-3-22-7-9-24(10-8-22)31-29(27-16-15-26(34-2)21-28(27)36-31)30(33)23-11-13-25(14-12-23)35-20-19-32-17-5-4-6-18-32/h7-16,21H,3-6,17-20H2,1-2H3. The van der Waals surface area contributed by atoms with Crippen LogP contribution in [0.1, 0.15) is 47.7 Å². The molecule has 0 spiro atoms. The maximum absolute atomic E-state index is 13.9. The van der Waals surface area contributed by atoms with Gasteiger partial charge in [-0.2, -0.15) is 0 Å². The van der Waals surface area contributed by atoms with Crippen LogP contribution in [-0.4, -0.2) is 44.0 Å². The largest absolute Gasteiger partial charge is 0.497 e. The van der Waals surface area contributed by atoms with Crippen LogP contribution >= 0.6 is 11.3 Å². The van der Waals surface area contributed by atoms with Gasteiger partial charge in [0.1, 0.15) is 18.1 Å². The highest BCUT2D eigenvalue weighted by atomic mass is 32.1. The van der Waals surface area contributed by atoms with Crippen LogP contribution in [0, 0.1) is 0 Å².